The van der Waals surface area contributed by atoms with Gasteiger partial charge < -0.3 is 4.74 Å². The van der Waals surface area contributed by atoms with E-state index in [1.54, 1.807) is 0 Å². The second-order valence-corrected chi connectivity index (χ2v) is 6.72. The van der Waals surface area contributed by atoms with Gasteiger partial charge in [0.15, 0.2) is 0 Å². The third-order valence-corrected chi connectivity index (χ3v) is 4.55. The Morgan fingerprint density at radius 3 is 2.56 bits per heavy atom. The van der Waals surface area contributed by atoms with Gasteiger partial charge in [0, 0.05) is 15.4 Å². The third kappa shape index (κ3) is 3.59. The summed E-state index contributed by atoms with van der Waals surface area (Å²) >= 11 is 3.52. The van der Waals surface area contributed by atoms with Crippen LogP contribution in [0, 0.1) is 0 Å². The topological polar surface area (TPSA) is 39.2 Å². The molecule has 1 aromatic heterocycles. The van der Waals surface area contributed by atoms with Gasteiger partial charge in [0.25, 0.3) is 0 Å². The van der Waals surface area contributed by atoms with E-state index in [0.717, 1.165) is 45.0 Å². The quantitative estimate of drug-likeness (QED) is 0.511. The summed E-state index contributed by atoms with van der Waals surface area (Å²) in [5, 5.41) is 0.956. The Balaban J connectivity index is 2.40. The molecular formula is C21H20BrNO2. The summed E-state index contributed by atoms with van der Waals surface area (Å²) in [6, 6.07) is 16.0. The van der Waals surface area contributed by atoms with Crippen LogP contribution in [0.2, 0.25) is 0 Å². The Morgan fingerprint density at radius 1 is 1.12 bits per heavy atom. The van der Waals surface area contributed by atoms with Crippen molar-refractivity contribution < 1.29 is 9.53 Å². The van der Waals surface area contributed by atoms with E-state index in [0.29, 0.717) is 12.2 Å². The molecule has 3 rings (SSSR count). The van der Waals surface area contributed by atoms with Crippen molar-refractivity contribution in [3.63, 3.8) is 0 Å². The van der Waals surface area contributed by atoms with Crippen LogP contribution in [-0.4, -0.2) is 17.6 Å². The van der Waals surface area contributed by atoms with E-state index in [-0.39, 0.29) is 5.97 Å². The number of benzene rings is 2. The first-order valence-corrected chi connectivity index (χ1v) is 9.29. The molecule has 0 unspecified atom stereocenters. The summed E-state index contributed by atoms with van der Waals surface area (Å²) in [5.41, 5.74) is 4.16. The van der Waals surface area contributed by atoms with Crippen molar-refractivity contribution in [3.05, 3.63) is 64.3 Å². The van der Waals surface area contributed by atoms with Gasteiger partial charge in [-0.05, 0) is 31.0 Å². The van der Waals surface area contributed by atoms with Crippen molar-refractivity contribution in [1.29, 1.82) is 0 Å². The lowest BCUT2D eigenvalue weighted by Gasteiger charge is -2.16. The first-order valence-electron chi connectivity index (χ1n) is 8.50. The number of esters is 1. The summed E-state index contributed by atoms with van der Waals surface area (Å²) in [6.07, 6.45) is 1.64. The van der Waals surface area contributed by atoms with Crippen LogP contribution >= 0.6 is 15.9 Å². The number of nitrogens with zero attached hydrogens (tertiary/aromatic N) is 1. The molecule has 0 amide bonds. The molecule has 0 bridgehead atoms. The van der Waals surface area contributed by atoms with E-state index in [2.05, 4.69) is 22.9 Å². The number of hydrogen-bond acceptors (Lipinski definition) is 3. The smallest absolute Gasteiger partial charge is 0.340 e. The van der Waals surface area contributed by atoms with Crippen molar-refractivity contribution in [2.45, 2.75) is 26.7 Å². The minimum absolute atomic E-state index is 0.304. The van der Waals surface area contributed by atoms with Gasteiger partial charge in [-0.1, -0.05) is 65.7 Å². The molecule has 0 aliphatic carbocycles. The number of aromatic nitrogens is 1. The van der Waals surface area contributed by atoms with Gasteiger partial charge in [-0.3, -0.25) is 4.98 Å². The van der Waals surface area contributed by atoms with Crippen LogP contribution in [0.4, 0.5) is 0 Å². The normalized spacial score (nSPS) is 10.8. The molecule has 1 heterocycles. The van der Waals surface area contributed by atoms with E-state index >= 15 is 0 Å². The largest absolute Gasteiger partial charge is 0.462 e. The lowest BCUT2D eigenvalue weighted by atomic mass is 9.93. The van der Waals surface area contributed by atoms with Gasteiger partial charge in [0.2, 0.25) is 0 Å². The first kappa shape index (κ1) is 17.6. The lowest BCUT2D eigenvalue weighted by molar-refractivity contribution is 0.0525. The zero-order valence-corrected chi connectivity index (χ0v) is 16.0. The van der Waals surface area contributed by atoms with Crippen LogP contribution in [0.1, 0.15) is 36.3 Å². The molecule has 0 atom stereocenters. The average Bonchev–Trinajstić information content (AvgIpc) is 2.61. The zero-order valence-electron chi connectivity index (χ0n) is 14.4. The maximum Gasteiger partial charge on any atom is 0.340 e. The maximum atomic E-state index is 12.8. The number of hydrogen-bond donors (Lipinski definition) is 0. The second-order valence-electron chi connectivity index (χ2n) is 5.81. The monoisotopic (exact) mass is 397 g/mol. The number of ether oxygens (including phenoxy) is 1. The second kappa shape index (κ2) is 7.79. The van der Waals surface area contributed by atoms with Gasteiger partial charge >= 0.3 is 5.97 Å². The van der Waals surface area contributed by atoms with E-state index < -0.39 is 0 Å². The van der Waals surface area contributed by atoms with E-state index in [4.69, 9.17) is 9.72 Å². The van der Waals surface area contributed by atoms with Crippen LogP contribution in [0.5, 0.6) is 0 Å². The van der Waals surface area contributed by atoms with Gasteiger partial charge in [0.05, 0.1) is 23.4 Å². The molecular weight excluding hydrogens is 378 g/mol. The zero-order chi connectivity index (χ0) is 17.8. The summed E-state index contributed by atoms with van der Waals surface area (Å²) in [4.78, 5) is 17.6. The highest BCUT2D eigenvalue weighted by molar-refractivity contribution is 9.10. The first-order chi connectivity index (χ1) is 12.2. The lowest BCUT2D eigenvalue weighted by Crippen LogP contribution is -2.12. The molecule has 4 heteroatoms. The number of rotatable bonds is 5. The molecule has 0 aliphatic rings. The number of fused-ring (bicyclic) bond motifs is 1. The fraction of sp³-hybridized carbons (Fsp3) is 0.238. The van der Waals surface area contributed by atoms with E-state index in [9.17, 15) is 4.79 Å². The highest BCUT2D eigenvalue weighted by atomic mass is 79.9. The Hall–Kier alpha value is -2.20. The Morgan fingerprint density at radius 2 is 1.88 bits per heavy atom. The molecule has 0 radical (unpaired) electrons. The predicted octanol–water partition coefficient (Wildman–Crippen LogP) is 5.79. The molecule has 0 saturated carbocycles. The van der Waals surface area contributed by atoms with Crippen molar-refractivity contribution in [2.24, 2.45) is 0 Å². The number of carbonyl (C=O) groups excluding carboxylic acids is 1. The van der Waals surface area contributed by atoms with Crippen LogP contribution in [0.25, 0.3) is 22.0 Å². The number of aryl methyl sites for hydroxylation is 1. The molecule has 0 aliphatic heterocycles. The number of pyridine rings is 1. The molecule has 3 aromatic rings. The van der Waals surface area contributed by atoms with Crippen LogP contribution in [0.3, 0.4) is 0 Å². The van der Waals surface area contributed by atoms with E-state index in [1.807, 2.05) is 55.5 Å². The molecule has 3 nitrogen and oxygen atoms in total. The molecule has 0 spiro atoms. The Kier molecular flexibility index (Phi) is 5.49. The maximum absolute atomic E-state index is 12.8. The van der Waals surface area contributed by atoms with Gasteiger partial charge in [-0.25, -0.2) is 4.79 Å². The van der Waals surface area contributed by atoms with Gasteiger partial charge in [0.1, 0.15) is 0 Å². The Labute approximate surface area is 156 Å². The van der Waals surface area contributed by atoms with Crippen LogP contribution in [0.15, 0.2) is 53.0 Å². The highest BCUT2D eigenvalue weighted by Gasteiger charge is 2.23. The molecule has 0 N–H and O–H groups in total. The number of halogens is 1. The SMILES string of the molecule is CCCc1nc2cc(Br)ccc2c(-c2ccccc2)c1C(=O)OCC. The minimum Gasteiger partial charge on any atom is -0.462 e. The third-order valence-electron chi connectivity index (χ3n) is 4.05. The summed E-state index contributed by atoms with van der Waals surface area (Å²) in [5.74, 6) is -0.304. The van der Waals surface area contributed by atoms with Crippen LogP contribution < -0.4 is 0 Å². The predicted molar refractivity (Wildman–Crippen MR) is 105 cm³/mol. The standard InChI is InChI=1S/C21H20BrNO2/c1-3-8-17-20(21(24)25-4-2)19(14-9-6-5-7-10-14)16-12-11-15(22)13-18(16)23-17/h5-7,9-13H,3-4,8H2,1-2H3. The molecule has 128 valence electrons. The fourth-order valence-electron chi connectivity index (χ4n) is 3.03. The van der Waals surface area contributed by atoms with Gasteiger partial charge in [-0.2, -0.15) is 0 Å². The van der Waals surface area contributed by atoms with E-state index in [1.165, 1.54) is 0 Å². The van der Waals surface area contributed by atoms with Crippen LogP contribution in [-0.2, 0) is 11.2 Å². The summed E-state index contributed by atoms with van der Waals surface area (Å²) in [6.45, 7) is 4.26. The van der Waals surface area contributed by atoms with Crippen molar-refractivity contribution in [2.75, 3.05) is 6.61 Å². The van der Waals surface area contributed by atoms with Crippen molar-refractivity contribution >= 4 is 32.8 Å². The number of carbonyl (C=O) groups is 1. The Bertz CT molecular complexity index is 907. The fourth-order valence-corrected chi connectivity index (χ4v) is 3.38. The minimum atomic E-state index is -0.304. The molecule has 25 heavy (non-hydrogen) atoms. The van der Waals surface area contributed by atoms with Gasteiger partial charge in [-0.15, -0.1) is 0 Å². The average molecular weight is 398 g/mol. The molecule has 0 fully saturated rings. The van der Waals surface area contributed by atoms with Crippen molar-refractivity contribution in [3.8, 4) is 11.1 Å². The highest BCUT2D eigenvalue weighted by Crippen LogP contribution is 2.35. The van der Waals surface area contributed by atoms with Crippen molar-refractivity contribution in [1.82, 2.24) is 4.98 Å². The summed E-state index contributed by atoms with van der Waals surface area (Å²) in [7, 11) is 0. The molecule has 2 aromatic carbocycles. The molecule has 0 saturated heterocycles. The summed E-state index contributed by atoms with van der Waals surface area (Å²) < 4.78 is 6.33.